The monoisotopic (exact) mass is 213 g/mol. The smallest absolute Gasteiger partial charge is 0.343 e. The van der Waals surface area contributed by atoms with E-state index in [1.165, 1.54) is 18.2 Å². The zero-order valence-corrected chi connectivity index (χ0v) is 8.38. The molecule has 3 heteroatoms. The van der Waals surface area contributed by atoms with E-state index < -0.39 is 5.97 Å². The van der Waals surface area contributed by atoms with E-state index >= 15 is 0 Å². The molecule has 0 aliphatic carbocycles. The molecular weight excluding hydrogens is 204 g/mol. The van der Waals surface area contributed by atoms with Crippen molar-refractivity contribution in [3.05, 3.63) is 60.2 Å². The Hall–Kier alpha value is -2.29. The third kappa shape index (κ3) is 2.39. The quantitative estimate of drug-likeness (QED) is 0.615. The van der Waals surface area contributed by atoms with Crippen molar-refractivity contribution in [2.75, 3.05) is 0 Å². The molecule has 79 valence electrons. The molecule has 0 heterocycles. The van der Waals surface area contributed by atoms with Gasteiger partial charge in [0.25, 0.3) is 0 Å². The highest BCUT2D eigenvalue weighted by Gasteiger charge is 2.07. The second kappa shape index (κ2) is 4.49. The first-order chi connectivity index (χ1) is 7.75. The van der Waals surface area contributed by atoms with E-state index in [2.05, 4.69) is 6.07 Å². The summed E-state index contributed by atoms with van der Waals surface area (Å²) in [6.45, 7) is 0. The van der Waals surface area contributed by atoms with E-state index in [1.807, 2.05) is 6.07 Å². The van der Waals surface area contributed by atoms with Crippen LogP contribution in [0.4, 0.5) is 0 Å². The van der Waals surface area contributed by atoms with Crippen LogP contribution in [0.15, 0.2) is 48.5 Å². The summed E-state index contributed by atoms with van der Waals surface area (Å²) in [5.41, 5.74) is 0.482. The van der Waals surface area contributed by atoms with Gasteiger partial charge in [-0.2, -0.15) is 0 Å². The van der Waals surface area contributed by atoms with Gasteiger partial charge < -0.3 is 9.84 Å². The molecule has 1 N–H and O–H groups in total. The second-order valence-electron chi connectivity index (χ2n) is 3.17. The lowest BCUT2D eigenvalue weighted by molar-refractivity contribution is 0.0734. The van der Waals surface area contributed by atoms with Crippen LogP contribution in [0.25, 0.3) is 0 Å². The highest BCUT2D eigenvalue weighted by Crippen LogP contribution is 2.16. The Balaban J connectivity index is 2.11. The van der Waals surface area contributed by atoms with Gasteiger partial charge in [0.05, 0.1) is 5.56 Å². The number of phenolic OH excluding ortho intramolecular Hbond substituents is 1. The number of esters is 1. The number of carbonyl (C=O) groups is 1. The van der Waals surface area contributed by atoms with Crippen LogP contribution in [0.5, 0.6) is 11.5 Å². The maximum atomic E-state index is 11.6. The first kappa shape index (κ1) is 10.2. The maximum Gasteiger partial charge on any atom is 0.343 e. The predicted molar refractivity (Wildman–Crippen MR) is 58.3 cm³/mol. The minimum atomic E-state index is -0.431. The van der Waals surface area contributed by atoms with Crippen molar-refractivity contribution in [2.45, 2.75) is 0 Å². The van der Waals surface area contributed by atoms with Gasteiger partial charge in [0.15, 0.2) is 0 Å². The van der Waals surface area contributed by atoms with Gasteiger partial charge in [0.2, 0.25) is 0 Å². The van der Waals surface area contributed by atoms with Gasteiger partial charge in [-0.25, -0.2) is 4.79 Å². The van der Waals surface area contributed by atoms with Crippen molar-refractivity contribution in [3.63, 3.8) is 0 Å². The molecule has 2 rings (SSSR count). The maximum absolute atomic E-state index is 11.6. The number of ether oxygens (including phenoxy) is 1. The molecule has 0 bridgehead atoms. The Labute approximate surface area is 92.9 Å². The molecule has 0 amide bonds. The fourth-order valence-corrected chi connectivity index (χ4v) is 1.21. The molecule has 0 fully saturated rings. The first-order valence-corrected chi connectivity index (χ1v) is 4.73. The lowest BCUT2D eigenvalue weighted by Crippen LogP contribution is -2.07. The van der Waals surface area contributed by atoms with Gasteiger partial charge in [0.1, 0.15) is 11.5 Å². The van der Waals surface area contributed by atoms with E-state index in [4.69, 9.17) is 9.84 Å². The van der Waals surface area contributed by atoms with Crippen LogP contribution < -0.4 is 4.74 Å². The minimum absolute atomic E-state index is 0.0134. The van der Waals surface area contributed by atoms with Crippen LogP contribution in [-0.2, 0) is 0 Å². The van der Waals surface area contributed by atoms with Crippen LogP contribution >= 0.6 is 0 Å². The summed E-state index contributed by atoms with van der Waals surface area (Å²) < 4.78 is 5.07. The van der Waals surface area contributed by atoms with Gasteiger partial charge in [0, 0.05) is 6.07 Å². The van der Waals surface area contributed by atoms with Gasteiger partial charge in [-0.05, 0) is 30.3 Å². The average Bonchev–Trinajstić information content (AvgIpc) is 2.33. The lowest BCUT2D eigenvalue weighted by atomic mass is 10.2. The zero-order chi connectivity index (χ0) is 11.4. The fourth-order valence-electron chi connectivity index (χ4n) is 1.21. The molecule has 2 aromatic rings. The summed E-state index contributed by atoms with van der Waals surface area (Å²) in [6, 6.07) is 15.6. The molecule has 0 saturated heterocycles. The molecule has 0 spiro atoms. The fraction of sp³-hybridized carbons (Fsp3) is 0. The number of aromatic hydroxyl groups is 1. The predicted octanol–water partition coefficient (Wildman–Crippen LogP) is 2.41. The molecule has 0 unspecified atom stereocenters. The standard InChI is InChI=1S/C13H9O3/c14-11-6-8-12(9-7-11)16-13(15)10-4-2-1-3-5-10/h1-6,8-9,14H. The molecule has 2 aromatic carbocycles. The Kier molecular flexibility index (Phi) is 2.87. The highest BCUT2D eigenvalue weighted by atomic mass is 16.5. The Bertz CT molecular complexity index is 474. The van der Waals surface area contributed by atoms with E-state index in [9.17, 15) is 4.79 Å². The number of rotatable bonds is 2. The average molecular weight is 213 g/mol. The van der Waals surface area contributed by atoms with Crippen molar-refractivity contribution in [3.8, 4) is 11.5 Å². The van der Waals surface area contributed by atoms with Crippen molar-refractivity contribution in [1.29, 1.82) is 0 Å². The Morgan fingerprint density at radius 2 is 1.88 bits per heavy atom. The second-order valence-corrected chi connectivity index (χ2v) is 3.17. The Morgan fingerprint density at radius 3 is 2.50 bits per heavy atom. The largest absolute Gasteiger partial charge is 0.507 e. The van der Waals surface area contributed by atoms with Crippen LogP contribution in [0.1, 0.15) is 10.4 Å². The summed E-state index contributed by atoms with van der Waals surface area (Å²) in [7, 11) is 0. The summed E-state index contributed by atoms with van der Waals surface area (Å²) in [6.07, 6.45) is 0. The molecular formula is C13H9O3. The molecule has 1 radical (unpaired) electrons. The molecule has 16 heavy (non-hydrogen) atoms. The molecule has 0 aliphatic rings. The van der Waals surface area contributed by atoms with E-state index in [1.54, 1.807) is 24.3 Å². The summed E-state index contributed by atoms with van der Waals surface area (Å²) in [5.74, 6) is -0.0640. The SMILES string of the molecule is O=C(Oc1c[c]c(O)cc1)c1ccccc1. The number of benzene rings is 2. The van der Waals surface area contributed by atoms with Crippen molar-refractivity contribution in [1.82, 2.24) is 0 Å². The number of phenols is 1. The highest BCUT2D eigenvalue weighted by molar-refractivity contribution is 5.90. The van der Waals surface area contributed by atoms with Gasteiger partial charge in [-0.15, -0.1) is 0 Å². The van der Waals surface area contributed by atoms with Crippen molar-refractivity contribution >= 4 is 5.97 Å². The Morgan fingerprint density at radius 1 is 1.12 bits per heavy atom. The van der Waals surface area contributed by atoms with Crippen LogP contribution in [0, 0.1) is 6.07 Å². The molecule has 0 saturated carbocycles. The van der Waals surface area contributed by atoms with E-state index in [-0.39, 0.29) is 5.75 Å². The van der Waals surface area contributed by atoms with Crippen molar-refractivity contribution in [2.24, 2.45) is 0 Å². The molecule has 0 aliphatic heterocycles. The minimum Gasteiger partial charge on any atom is -0.507 e. The summed E-state index contributed by atoms with van der Waals surface area (Å²) in [4.78, 5) is 11.6. The van der Waals surface area contributed by atoms with Gasteiger partial charge >= 0.3 is 5.97 Å². The first-order valence-electron chi connectivity index (χ1n) is 4.73. The van der Waals surface area contributed by atoms with Crippen LogP contribution in [0.2, 0.25) is 0 Å². The van der Waals surface area contributed by atoms with Crippen LogP contribution in [-0.4, -0.2) is 11.1 Å². The normalized spacial score (nSPS) is 9.75. The lowest BCUT2D eigenvalue weighted by Gasteiger charge is -2.03. The summed E-state index contributed by atoms with van der Waals surface area (Å²) in [5, 5.41) is 9.01. The molecule has 0 atom stereocenters. The van der Waals surface area contributed by atoms with Gasteiger partial charge in [-0.3, -0.25) is 0 Å². The van der Waals surface area contributed by atoms with Crippen LogP contribution in [0.3, 0.4) is 0 Å². The van der Waals surface area contributed by atoms with E-state index in [0.717, 1.165) is 0 Å². The van der Waals surface area contributed by atoms with Gasteiger partial charge in [-0.1, -0.05) is 18.2 Å². The zero-order valence-electron chi connectivity index (χ0n) is 8.38. The van der Waals surface area contributed by atoms with E-state index in [0.29, 0.717) is 11.3 Å². The third-order valence-electron chi connectivity index (χ3n) is 1.99. The number of carbonyl (C=O) groups excluding carboxylic acids is 1. The topological polar surface area (TPSA) is 46.5 Å². The summed E-state index contributed by atoms with van der Waals surface area (Å²) >= 11 is 0. The number of hydrogen-bond acceptors (Lipinski definition) is 3. The number of hydrogen-bond donors (Lipinski definition) is 1. The van der Waals surface area contributed by atoms with Crippen molar-refractivity contribution < 1.29 is 14.6 Å². The third-order valence-corrected chi connectivity index (χ3v) is 1.99. The molecule has 0 aromatic heterocycles. The molecule has 3 nitrogen and oxygen atoms in total.